The molecule has 0 amide bonds. The smallest absolute Gasteiger partial charge is 0.221 e. The Morgan fingerprint density at radius 2 is 1.40 bits per heavy atom. The average Bonchev–Trinajstić information content (AvgIpc) is 2.43. The minimum Gasteiger partial charge on any atom is -0.550 e. The first-order chi connectivity index (χ1) is 11.6. The Morgan fingerprint density at radius 1 is 0.960 bits per heavy atom. The van der Waals surface area contributed by atoms with Gasteiger partial charge in [-0.05, 0) is 18.0 Å². The lowest BCUT2D eigenvalue weighted by Crippen LogP contribution is -2.43. The molecule has 150 valence electrons. The molecule has 0 saturated heterocycles. The Bertz CT molecular complexity index is 343. The fraction of sp³-hybridized carbons (Fsp3) is 0.895. The van der Waals surface area contributed by atoms with Gasteiger partial charge in [0.25, 0.3) is 0 Å². The fourth-order valence-electron chi connectivity index (χ4n) is 2.46. The summed E-state index contributed by atoms with van der Waals surface area (Å²) in [5.41, 5.74) is 0. The van der Waals surface area contributed by atoms with E-state index in [1.54, 1.807) is 0 Å². The molecule has 0 spiro atoms. The number of carbonyl (C=O) groups is 2. The lowest BCUT2D eigenvalue weighted by atomic mass is 10.1. The molecule has 1 unspecified atom stereocenters. The second kappa shape index (κ2) is 16.8. The number of aliphatic hydroxyl groups is 1. The van der Waals surface area contributed by atoms with Crippen molar-refractivity contribution in [3.8, 4) is 0 Å². The molecule has 0 saturated carbocycles. The highest BCUT2D eigenvalue weighted by atomic mass is 35.5. The molecule has 0 radical (unpaired) electrons. The number of aliphatic carboxylic acids is 1. The van der Waals surface area contributed by atoms with Crippen LogP contribution in [-0.2, 0) is 9.59 Å². The Morgan fingerprint density at radius 3 is 1.76 bits per heavy atom. The van der Waals surface area contributed by atoms with E-state index in [9.17, 15) is 14.7 Å². The van der Waals surface area contributed by atoms with Crippen molar-refractivity contribution in [3.63, 3.8) is 0 Å². The first-order valence-corrected chi connectivity index (χ1v) is 9.83. The van der Waals surface area contributed by atoms with Crippen molar-refractivity contribution in [2.75, 3.05) is 27.7 Å². The van der Waals surface area contributed by atoms with Gasteiger partial charge < -0.3 is 19.5 Å². The molecule has 0 aromatic carbocycles. The van der Waals surface area contributed by atoms with Crippen LogP contribution in [0.25, 0.3) is 0 Å². The van der Waals surface area contributed by atoms with Crippen LogP contribution in [0.2, 0.25) is 0 Å². The third-order valence-corrected chi connectivity index (χ3v) is 3.83. The molecule has 6 heteroatoms. The fourth-order valence-corrected chi connectivity index (χ4v) is 2.60. The molecule has 1 N–H and O–H groups in total. The highest BCUT2D eigenvalue weighted by Crippen LogP contribution is 2.10. The summed E-state index contributed by atoms with van der Waals surface area (Å²) in [5.74, 6) is -1.20. The number of unbranched alkanes of at least 4 members (excludes halogenated alkanes) is 8. The van der Waals surface area contributed by atoms with Crippen molar-refractivity contribution in [1.29, 1.82) is 0 Å². The summed E-state index contributed by atoms with van der Waals surface area (Å²) in [5, 5.41) is 18.9. The zero-order valence-corrected chi connectivity index (χ0v) is 17.3. The summed E-state index contributed by atoms with van der Waals surface area (Å²) >= 11 is 5.24. The number of carboxylic acids is 1. The summed E-state index contributed by atoms with van der Waals surface area (Å²) in [4.78, 5) is 20.4. The van der Waals surface area contributed by atoms with Crippen LogP contribution < -0.4 is 5.11 Å². The number of nitrogens with zero attached hydrogens (tertiary/aromatic N) is 1. The SMILES string of the molecule is CCCCCCCCCCCC(=O)Cl.C[N+](C)(C)CC(O)CC(=O)[O-]. The number of quaternary nitrogens is 1. The van der Waals surface area contributed by atoms with Crippen molar-refractivity contribution in [2.24, 2.45) is 0 Å². The number of hydrogen-bond acceptors (Lipinski definition) is 4. The number of likely N-dealkylation sites (N-methyl/N-ethyl adjacent to an activating group) is 1. The Hall–Kier alpha value is -0.650. The molecule has 0 heterocycles. The van der Waals surface area contributed by atoms with Crippen LogP contribution in [0.1, 0.15) is 77.6 Å². The van der Waals surface area contributed by atoms with Crippen LogP contribution in [0.15, 0.2) is 0 Å². The van der Waals surface area contributed by atoms with E-state index >= 15 is 0 Å². The van der Waals surface area contributed by atoms with Crippen LogP contribution in [0.4, 0.5) is 0 Å². The van der Waals surface area contributed by atoms with Gasteiger partial charge in [0.1, 0.15) is 12.6 Å². The van der Waals surface area contributed by atoms with Crippen LogP contribution >= 0.6 is 11.6 Å². The third-order valence-electron chi connectivity index (χ3n) is 3.64. The lowest BCUT2D eigenvalue weighted by molar-refractivity contribution is -0.873. The van der Waals surface area contributed by atoms with E-state index in [-0.39, 0.29) is 11.7 Å². The average molecular weight is 380 g/mol. The van der Waals surface area contributed by atoms with Crippen molar-refractivity contribution in [2.45, 2.75) is 83.7 Å². The van der Waals surface area contributed by atoms with E-state index in [1.807, 2.05) is 21.1 Å². The molecule has 0 aromatic heterocycles. The highest BCUT2D eigenvalue weighted by molar-refractivity contribution is 6.63. The van der Waals surface area contributed by atoms with E-state index in [4.69, 9.17) is 16.7 Å². The van der Waals surface area contributed by atoms with Crippen LogP contribution in [0, 0.1) is 0 Å². The van der Waals surface area contributed by atoms with Crippen LogP contribution in [0.5, 0.6) is 0 Å². The monoisotopic (exact) mass is 379 g/mol. The number of rotatable bonds is 14. The van der Waals surface area contributed by atoms with E-state index in [1.165, 1.54) is 44.9 Å². The minimum atomic E-state index is -1.20. The maximum Gasteiger partial charge on any atom is 0.221 e. The molecule has 0 aliphatic rings. The van der Waals surface area contributed by atoms with E-state index in [0.29, 0.717) is 17.4 Å². The molecule has 0 rings (SSSR count). The topological polar surface area (TPSA) is 77.4 Å². The predicted octanol–water partition coefficient (Wildman–Crippen LogP) is 2.87. The summed E-state index contributed by atoms with van der Waals surface area (Å²) in [7, 11) is 5.66. The van der Waals surface area contributed by atoms with Gasteiger partial charge in [0.15, 0.2) is 0 Å². The second-order valence-electron chi connectivity index (χ2n) is 7.64. The summed E-state index contributed by atoms with van der Waals surface area (Å²) in [6, 6.07) is 0. The number of aliphatic hydroxyl groups excluding tert-OH is 1. The van der Waals surface area contributed by atoms with Gasteiger partial charge in [-0.15, -0.1) is 0 Å². The van der Waals surface area contributed by atoms with Gasteiger partial charge in [-0.3, -0.25) is 4.79 Å². The van der Waals surface area contributed by atoms with Crippen molar-refractivity contribution in [1.82, 2.24) is 0 Å². The minimum absolute atomic E-state index is 0.187. The first-order valence-electron chi connectivity index (χ1n) is 9.45. The van der Waals surface area contributed by atoms with Crippen molar-refractivity contribution in [3.05, 3.63) is 0 Å². The number of carbonyl (C=O) groups excluding carboxylic acids is 2. The van der Waals surface area contributed by atoms with E-state index < -0.39 is 12.1 Å². The van der Waals surface area contributed by atoms with Gasteiger partial charge in [-0.25, -0.2) is 0 Å². The predicted molar refractivity (Wildman–Crippen MR) is 101 cm³/mol. The zero-order valence-electron chi connectivity index (χ0n) is 16.6. The normalized spacial score (nSPS) is 12.2. The molecule has 5 nitrogen and oxygen atoms in total. The molecular weight excluding hydrogens is 342 g/mol. The molecule has 0 fully saturated rings. The van der Waals surface area contributed by atoms with Gasteiger partial charge in [-0.1, -0.05) is 58.3 Å². The highest BCUT2D eigenvalue weighted by Gasteiger charge is 2.14. The quantitative estimate of drug-likeness (QED) is 0.286. The Labute approximate surface area is 158 Å². The number of hydrogen-bond donors (Lipinski definition) is 1. The lowest BCUT2D eigenvalue weighted by Gasteiger charge is -2.26. The Balaban J connectivity index is 0. The molecule has 0 aromatic rings. The van der Waals surface area contributed by atoms with Crippen molar-refractivity contribution < 1.29 is 24.3 Å². The van der Waals surface area contributed by atoms with Crippen LogP contribution in [0.3, 0.4) is 0 Å². The molecule has 0 aliphatic heterocycles. The maximum absolute atomic E-state index is 10.4. The molecule has 0 bridgehead atoms. The van der Waals surface area contributed by atoms with Gasteiger partial charge in [0, 0.05) is 18.8 Å². The van der Waals surface area contributed by atoms with Gasteiger partial charge in [0.2, 0.25) is 5.24 Å². The van der Waals surface area contributed by atoms with Gasteiger partial charge >= 0.3 is 0 Å². The van der Waals surface area contributed by atoms with Crippen LogP contribution in [-0.4, -0.2) is 54.6 Å². The number of halogens is 1. The number of carboxylic acid groups (broad SMARTS) is 1. The third kappa shape index (κ3) is 28.4. The van der Waals surface area contributed by atoms with E-state index in [2.05, 4.69) is 6.92 Å². The van der Waals surface area contributed by atoms with Gasteiger partial charge in [0.05, 0.1) is 21.1 Å². The first kappa shape index (κ1) is 26.6. The Kier molecular flexibility index (Phi) is 17.9. The zero-order chi connectivity index (χ0) is 19.7. The summed E-state index contributed by atoms with van der Waals surface area (Å²) in [6.45, 7) is 2.66. The summed E-state index contributed by atoms with van der Waals surface area (Å²) < 4.78 is 0.550. The van der Waals surface area contributed by atoms with Gasteiger partial charge in [-0.2, -0.15) is 0 Å². The molecular formula is C19H38ClNO4. The summed E-state index contributed by atoms with van der Waals surface area (Å²) in [6.07, 6.45) is 11.0. The maximum atomic E-state index is 10.4. The molecule has 25 heavy (non-hydrogen) atoms. The largest absolute Gasteiger partial charge is 0.550 e. The molecule has 1 atom stereocenters. The van der Waals surface area contributed by atoms with Crippen molar-refractivity contribution >= 4 is 22.8 Å². The molecule has 0 aliphatic carbocycles. The second-order valence-corrected chi connectivity index (χ2v) is 8.06. The van der Waals surface area contributed by atoms with E-state index in [0.717, 1.165) is 12.8 Å². The standard InChI is InChI=1S/C12H23ClO.C7H15NO3/c1-2-3-4-5-6-7-8-9-10-11-12(13)14;1-8(2,3)5-6(9)4-7(10)11/h2-11H2,1H3;6,9H,4-5H2,1-3H3.